The summed E-state index contributed by atoms with van der Waals surface area (Å²) >= 11 is 5.44. The van der Waals surface area contributed by atoms with Crippen LogP contribution in [0.1, 0.15) is 5.56 Å². The van der Waals surface area contributed by atoms with Crippen molar-refractivity contribution in [2.45, 2.75) is 0 Å². The maximum absolute atomic E-state index is 9.05. The molecule has 1 nitrogen and oxygen atoms in total. The Kier molecular flexibility index (Phi) is 2.99. The average molecular weight is 169 g/mol. The van der Waals surface area contributed by atoms with E-state index >= 15 is 0 Å². The highest BCUT2D eigenvalue weighted by molar-refractivity contribution is 6.19. The molecule has 0 spiro atoms. The Balaban J connectivity index is 2.79. The van der Waals surface area contributed by atoms with Crippen LogP contribution in [-0.4, -0.2) is 11.0 Å². The second-order valence-electron chi connectivity index (χ2n) is 2.15. The van der Waals surface area contributed by atoms with Gasteiger partial charge < -0.3 is 5.11 Å². The normalized spacial score (nSPS) is 10.6. The molecule has 1 N–H and O–H groups in total. The topological polar surface area (TPSA) is 20.2 Å². The van der Waals surface area contributed by atoms with Crippen LogP contribution in [0.3, 0.4) is 0 Å². The molecule has 0 atom stereocenters. The number of phenols is 1. The maximum Gasteiger partial charge on any atom is 0.116 e. The van der Waals surface area contributed by atoms with Crippen LogP contribution in [0.5, 0.6) is 5.75 Å². The van der Waals surface area contributed by atoms with Gasteiger partial charge in [-0.3, -0.25) is 0 Å². The van der Waals surface area contributed by atoms with Crippen molar-refractivity contribution >= 4 is 17.7 Å². The van der Waals surface area contributed by atoms with Crippen LogP contribution in [0, 0.1) is 0 Å². The van der Waals surface area contributed by atoms with Gasteiger partial charge in [0.2, 0.25) is 0 Å². The number of benzene rings is 1. The summed E-state index contributed by atoms with van der Waals surface area (Å²) in [5.41, 5.74) is 0.964. The monoisotopic (exact) mass is 168 g/mol. The number of aromatic hydroxyl groups is 1. The van der Waals surface area contributed by atoms with Gasteiger partial charge >= 0.3 is 0 Å². The van der Waals surface area contributed by atoms with Gasteiger partial charge in [-0.15, -0.1) is 11.6 Å². The van der Waals surface area contributed by atoms with E-state index in [4.69, 9.17) is 16.7 Å². The van der Waals surface area contributed by atoms with Crippen LogP contribution in [-0.2, 0) is 0 Å². The zero-order valence-electron chi connectivity index (χ0n) is 6.00. The lowest BCUT2D eigenvalue weighted by molar-refractivity contribution is 0.475. The van der Waals surface area contributed by atoms with Gasteiger partial charge in [-0.1, -0.05) is 24.3 Å². The number of phenolic OH excluding ortho intramolecular Hbond substituents is 1. The predicted molar refractivity (Wildman–Crippen MR) is 47.9 cm³/mol. The van der Waals surface area contributed by atoms with Gasteiger partial charge in [0.1, 0.15) is 5.75 Å². The highest BCUT2D eigenvalue weighted by Crippen LogP contribution is 2.11. The van der Waals surface area contributed by atoms with Crippen molar-refractivity contribution in [2.24, 2.45) is 0 Å². The molecule has 0 saturated carbocycles. The molecule has 1 rings (SSSR count). The van der Waals surface area contributed by atoms with Crippen LogP contribution >= 0.6 is 11.6 Å². The fraction of sp³-hybridized carbons (Fsp3) is 0.111. The van der Waals surface area contributed by atoms with E-state index in [9.17, 15) is 0 Å². The number of halogens is 1. The van der Waals surface area contributed by atoms with Crippen LogP contribution in [0.25, 0.3) is 6.08 Å². The minimum Gasteiger partial charge on any atom is -0.508 e. The molecule has 1 aromatic rings. The van der Waals surface area contributed by atoms with E-state index < -0.39 is 0 Å². The first kappa shape index (κ1) is 8.15. The van der Waals surface area contributed by atoms with Crippen molar-refractivity contribution in [1.29, 1.82) is 0 Å². The van der Waals surface area contributed by atoms with Crippen LogP contribution in [0.4, 0.5) is 0 Å². The fourth-order valence-electron chi connectivity index (χ4n) is 0.809. The number of hydrogen-bond acceptors (Lipinski definition) is 1. The molecule has 11 heavy (non-hydrogen) atoms. The van der Waals surface area contributed by atoms with E-state index in [2.05, 4.69) is 0 Å². The molecule has 0 aliphatic carbocycles. The van der Waals surface area contributed by atoms with E-state index in [0.29, 0.717) is 5.88 Å². The Morgan fingerprint density at radius 1 is 1.45 bits per heavy atom. The molecule has 0 amide bonds. The molecule has 0 aromatic heterocycles. The van der Waals surface area contributed by atoms with Crippen molar-refractivity contribution in [3.05, 3.63) is 35.9 Å². The summed E-state index contributed by atoms with van der Waals surface area (Å²) in [6, 6.07) is 7.02. The third-order valence-electron chi connectivity index (χ3n) is 1.27. The second-order valence-corrected chi connectivity index (χ2v) is 2.46. The third kappa shape index (κ3) is 2.64. The minimum absolute atomic E-state index is 0.279. The molecule has 0 aliphatic rings. The summed E-state index contributed by atoms with van der Waals surface area (Å²) < 4.78 is 0. The van der Waals surface area contributed by atoms with Gasteiger partial charge in [0.05, 0.1) is 0 Å². The minimum atomic E-state index is 0.279. The number of rotatable bonds is 2. The SMILES string of the molecule is Oc1cccc(/C=C/CCl)c1. The molecule has 0 aliphatic heterocycles. The quantitative estimate of drug-likeness (QED) is 0.674. The Hall–Kier alpha value is -0.950. The van der Waals surface area contributed by atoms with E-state index in [1.807, 2.05) is 18.2 Å². The summed E-state index contributed by atoms with van der Waals surface area (Å²) in [6.45, 7) is 0. The van der Waals surface area contributed by atoms with E-state index in [0.717, 1.165) is 5.56 Å². The highest BCUT2D eigenvalue weighted by Gasteiger charge is 1.87. The smallest absolute Gasteiger partial charge is 0.116 e. The van der Waals surface area contributed by atoms with E-state index in [1.165, 1.54) is 0 Å². The van der Waals surface area contributed by atoms with Crippen LogP contribution < -0.4 is 0 Å². The van der Waals surface area contributed by atoms with Crippen molar-refractivity contribution in [2.75, 3.05) is 5.88 Å². The standard InChI is InChI=1S/C9H9ClO/c10-6-2-4-8-3-1-5-9(11)7-8/h1-5,7,11H,6H2/b4-2+. The molecule has 58 valence electrons. The first-order valence-electron chi connectivity index (χ1n) is 3.34. The summed E-state index contributed by atoms with van der Waals surface area (Å²) in [5.74, 6) is 0.775. The van der Waals surface area contributed by atoms with Crippen molar-refractivity contribution in [3.63, 3.8) is 0 Å². The number of hydrogen-bond donors (Lipinski definition) is 1. The molecule has 0 radical (unpaired) electrons. The van der Waals surface area contributed by atoms with Gasteiger partial charge in [0.25, 0.3) is 0 Å². The summed E-state index contributed by atoms with van der Waals surface area (Å²) in [5, 5.41) is 9.05. The highest BCUT2D eigenvalue weighted by atomic mass is 35.5. The third-order valence-corrected chi connectivity index (χ3v) is 1.45. The largest absolute Gasteiger partial charge is 0.508 e. The van der Waals surface area contributed by atoms with Crippen LogP contribution in [0.2, 0.25) is 0 Å². The molecule has 0 heterocycles. The Morgan fingerprint density at radius 2 is 2.27 bits per heavy atom. The lowest BCUT2D eigenvalue weighted by Gasteiger charge is -1.92. The van der Waals surface area contributed by atoms with E-state index in [1.54, 1.807) is 18.2 Å². The summed E-state index contributed by atoms with van der Waals surface area (Å²) in [7, 11) is 0. The average Bonchev–Trinajstić information content (AvgIpc) is 2.01. The zero-order valence-corrected chi connectivity index (χ0v) is 6.75. The Morgan fingerprint density at radius 3 is 2.91 bits per heavy atom. The zero-order chi connectivity index (χ0) is 8.10. The van der Waals surface area contributed by atoms with Crippen molar-refractivity contribution in [3.8, 4) is 5.75 Å². The number of allylic oxidation sites excluding steroid dienone is 1. The van der Waals surface area contributed by atoms with Gasteiger partial charge in [0.15, 0.2) is 0 Å². The molecular weight excluding hydrogens is 160 g/mol. The molecule has 2 heteroatoms. The lowest BCUT2D eigenvalue weighted by Crippen LogP contribution is -1.70. The fourth-order valence-corrected chi connectivity index (χ4v) is 0.898. The molecular formula is C9H9ClO. The van der Waals surface area contributed by atoms with Gasteiger partial charge in [-0.05, 0) is 17.7 Å². The summed E-state index contributed by atoms with van der Waals surface area (Å²) in [4.78, 5) is 0. The van der Waals surface area contributed by atoms with E-state index in [-0.39, 0.29) is 5.75 Å². The van der Waals surface area contributed by atoms with Gasteiger partial charge in [0, 0.05) is 5.88 Å². The van der Waals surface area contributed by atoms with Gasteiger partial charge in [-0.2, -0.15) is 0 Å². The number of alkyl halides is 1. The molecule has 0 saturated heterocycles. The molecule has 0 fully saturated rings. The predicted octanol–water partition coefficient (Wildman–Crippen LogP) is 2.64. The Labute approximate surface area is 70.9 Å². The molecule has 1 aromatic carbocycles. The second kappa shape index (κ2) is 4.04. The Bertz CT molecular complexity index is 255. The first-order valence-corrected chi connectivity index (χ1v) is 3.88. The molecule has 0 bridgehead atoms. The van der Waals surface area contributed by atoms with Crippen LogP contribution in [0.15, 0.2) is 30.3 Å². The van der Waals surface area contributed by atoms with Crippen molar-refractivity contribution in [1.82, 2.24) is 0 Å². The summed E-state index contributed by atoms with van der Waals surface area (Å²) in [6.07, 6.45) is 3.70. The van der Waals surface area contributed by atoms with Gasteiger partial charge in [-0.25, -0.2) is 0 Å². The molecule has 0 unspecified atom stereocenters. The lowest BCUT2D eigenvalue weighted by atomic mass is 10.2. The maximum atomic E-state index is 9.05. The van der Waals surface area contributed by atoms with Crippen molar-refractivity contribution < 1.29 is 5.11 Å². The first-order chi connectivity index (χ1) is 5.33.